The molecule has 37 heavy (non-hydrogen) atoms. The molecule has 0 atom stereocenters. The van der Waals surface area contributed by atoms with Crippen LogP contribution in [0.15, 0.2) is 66.7 Å². The number of phenols is 2. The predicted molar refractivity (Wildman–Crippen MR) is 157 cm³/mol. The van der Waals surface area contributed by atoms with E-state index in [2.05, 4.69) is 81.6 Å². The van der Waals surface area contributed by atoms with E-state index in [9.17, 15) is 10.2 Å². The average Bonchev–Trinajstić information content (AvgIpc) is 2.80. The second kappa shape index (κ2) is 12.0. The Morgan fingerprint density at radius 1 is 0.730 bits per heavy atom. The number of nitrogens with one attached hydrogen (secondary N) is 2. The van der Waals surface area contributed by atoms with Gasteiger partial charge in [0.15, 0.2) is 5.11 Å². The van der Waals surface area contributed by atoms with Crippen molar-refractivity contribution in [2.24, 2.45) is 0 Å². The van der Waals surface area contributed by atoms with Crippen LogP contribution in [0.4, 0.5) is 0 Å². The third kappa shape index (κ3) is 8.48. The molecule has 3 aromatic rings. The van der Waals surface area contributed by atoms with Crippen LogP contribution in [0.3, 0.4) is 0 Å². The summed E-state index contributed by atoms with van der Waals surface area (Å²) in [6.07, 6.45) is 0.877. The number of hydrogen-bond acceptors (Lipinski definition) is 4. The first kappa shape index (κ1) is 28.5. The monoisotopic (exact) mass is 519 g/mol. The van der Waals surface area contributed by atoms with Gasteiger partial charge in [0, 0.05) is 19.6 Å². The van der Waals surface area contributed by atoms with E-state index in [4.69, 9.17) is 12.2 Å². The van der Waals surface area contributed by atoms with Gasteiger partial charge in [-0.25, -0.2) is 5.01 Å². The van der Waals surface area contributed by atoms with Crippen LogP contribution in [0, 0.1) is 0 Å². The summed E-state index contributed by atoms with van der Waals surface area (Å²) in [7, 11) is 0. The first-order valence-electron chi connectivity index (χ1n) is 12.8. The normalized spacial score (nSPS) is 12.0. The van der Waals surface area contributed by atoms with Gasteiger partial charge in [0.05, 0.1) is 0 Å². The number of thiocarbonyl (C=S) groups is 1. The minimum atomic E-state index is -0.175. The van der Waals surface area contributed by atoms with Gasteiger partial charge in [-0.2, -0.15) is 0 Å². The number of hydrogen-bond donors (Lipinski definition) is 4. The van der Waals surface area contributed by atoms with Gasteiger partial charge in [-0.15, -0.1) is 0 Å². The summed E-state index contributed by atoms with van der Waals surface area (Å²) < 4.78 is 0. The van der Waals surface area contributed by atoms with Crippen molar-refractivity contribution in [3.63, 3.8) is 0 Å². The molecular formula is C31H41N3O2S. The number of hydrazine groups is 1. The Kier molecular flexibility index (Phi) is 9.21. The maximum absolute atomic E-state index is 10.4. The number of aromatic hydroxyl groups is 2. The molecular weight excluding hydrogens is 478 g/mol. The van der Waals surface area contributed by atoms with Gasteiger partial charge in [-0.05, 0) is 69.4 Å². The van der Waals surface area contributed by atoms with E-state index in [1.807, 2.05) is 30.3 Å². The van der Waals surface area contributed by atoms with Crippen LogP contribution in [-0.2, 0) is 30.3 Å². The van der Waals surface area contributed by atoms with E-state index < -0.39 is 0 Å². The quantitative estimate of drug-likeness (QED) is 0.206. The summed E-state index contributed by atoms with van der Waals surface area (Å²) in [4.78, 5) is 0. The summed E-state index contributed by atoms with van der Waals surface area (Å²) in [5.41, 5.74) is 8.23. The molecule has 0 aliphatic rings. The van der Waals surface area contributed by atoms with Crippen LogP contribution in [0.2, 0.25) is 0 Å². The third-order valence-corrected chi connectivity index (χ3v) is 6.52. The van der Waals surface area contributed by atoms with Gasteiger partial charge in [-0.3, -0.25) is 5.43 Å². The Morgan fingerprint density at radius 3 is 1.68 bits per heavy atom. The molecule has 4 N–H and O–H groups in total. The van der Waals surface area contributed by atoms with E-state index in [1.54, 1.807) is 12.1 Å². The fourth-order valence-electron chi connectivity index (χ4n) is 4.29. The lowest BCUT2D eigenvalue weighted by Crippen LogP contribution is -2.46. The van der Waals surface area contributed by atoms with Crippen LogP contribution in [0.5, 0.6) is 11.5 Å². The first-order chi connectivity index (χ1) is 17.3. The molecule has 0 bridgehead atoms. The number of rotatable bonds is 8. The standard InChI is InChI=1S/C31H41N3O2S/c1-30(2,3)25-18-23(12-14-27(25)35)20-34(21-24-13-15-28(36)26(19-24)31(4,5)6)33-29(37)32-17-16-22-10-8-7-9-11-22/h7-15,18-19,35-36H,16-17,20-21H2,1-6H3,(H2,32,33,37). The largest absolute Gasteiger partial charge is 0.508 e. The average molecular weight is 520 g/mol. The molecule has 0 spiro atoms. The maximum Gasteiger partial charge on any atom is 0.181 e. The smallest absolute Gasteiger partial charge is 0.181 e. The lowest BCUT2D eigenvalue weighted by atomic mass is 9.85. The Hall–Kier alpha value is -3.09. The summed E-state index contributed by atoms with van der Waals surface area (Å²) in [5.74, 6) is 0.615. The first-order valence-corrected chi connectivity index (χ1v) is 13.2. The Balaban J connectivity index is 1.79. The molecule has 6 heteroatoms. The zero-order chi connectivity index (χ0) is 27.2. The Labute approximate surface area is 227 Å². The minimum Gasteiger partial charge on any atom is -0.508 e. The molecule has 0 aromatic heterocycles. The van der Waals surface area contributed by atoms with Crippen molar-refractivity contribution >= 4 is 17.3 Å². The van der Waals surface area contributed by atoms with Crippen molar-refractivity contribution in [3.05, 3.63) is 94.5 Å². The molecule has 0 radical (unpaired) electrons. The van der Waals surface area contributed by atoms with Gasteiger partial charge in [-0.1, -0.05) is 96.1 Å². The molecule has 5 nitrogen and oxygen atoms in total. The summed E-state index contributed by atoms with van der Waals surface area (Å²) in [6.45, 7) is 14.5. The van der Waals surface area contributed by atoms with Crippen LogP contribution in [0.25, 0.3) is 0 Å². The number of benzene rings is 3. The molecule has 0 aliphatic heterocycles. The molecule has 3 rings (SSSR count). The van der Waals surface area contributed by atoms with E-state index in [0.29, 0.717) is 29.7 Å². The lowest BCUT2D eigenvalue weighted by molar-refractivity contribution is 0.214. The van der Waals surface area contributed by atoms with Crippen LogP contribution >= 0.6 is 12.2 Å². The Morgan fingerprint density at radius 2 is 1.22 bits per heavy atom. The topological polar surface area (TPSA) is 67.8 Å². The van der Waals surface area contributed by atoms with Crippen LogP contribution < -0.4 is 10.7 Å². The van der Waals surface area contributed by atoms with E-state index >= 15 is 0 Å². The molecule has 0 aliphatic carbocycles. The molecule has 3 aromatic carbocycles. The molecule has 0 unspecified atom stereocenters. The minimum absolute atomic E-state index is 0.175. The summed E-state index contributed by atoms with van der Waals surface area (Å²) in [6, 6.07) is 21.9. The number of phenolic OH excluding ortho intramolecular Hbond substituents is 2. The van der Waals surface area contributed by atoms with Crippen molar-refractivity contribution in [2.75, 3.05) is 6.54 Å². The molecule has 0 fully saturated rings. The lowest BCUT2D eigenvalue weighted by Gasteiger charge is -2.28. The highest BCUT2D eigenvalue weighted by molar-refractivity contribution is 7.80. The fraction of sp³-hybridized carbons (Fsp3) is 0.387. The third-order valence-electron chi connectivity index (χ3n) is 6.29. The van der Waals surface area contributed by atoms with Crippen molar-refractivity contribution in [2.45, 2.75) is 71.9 Å². The highest BCUT2D eigenvalue weighted by Gasteiger charge is 2.21. The second-order valence-corrected chi connectivity index (χ2v) is 12.1. The summed E-state index contributed by atoms with van der Waals surface area (Å²) >= 11 is 5.65. The van der Waals surface area contributed by atoms with Gasteiger partial charge < -0.3 is 15.5 Å². The van der Waals surface area contributed by atoms with Gasteiger partial charge in [0.2, 0.25) is 0 Å². The van der Waals surface area contributed by atoms with Gasteiger partial charge >= 0.3 is 0 Å². The van der Waals surface area contributed by atoms with Gasteiger partial charge in [0.25, 0.3) is 0 Å². The SMILES string of the molecule is CC(C)(C)c1cc(CN(Cc2ccc(O)c(C(C)(C)C)c2)NC(=S)NCCc2ccccc2)ccc1O. The highest BCUT2D eigenvalue weighted by atomic mass is 32.1. The molecule has 0 heterocycles. The van der Waals surface area contributed by atoms with E-state index in [1.165, 1.54) is 5.56 Å². The highest BCUT2D eigenvalue weighted by Crippen LogP contribution is 2.33. The fourth-order valence-corrected chi connectivity index (χ4v) is 4.52. The summed E-state index contributed by atoms with van der Waals surface area (Å²) in [5, 5.41) is 26.8. The molecule has 198 valence electrons. The Bertz CT molecular complexity index is 1130. The second-order valence-electron chi connectivity index (χ2n) is 11.7. The van der Waals surface area contributed by atoms with Gasteiger partial charge in [0.1, 0.15) is 11.5 Å². The zero-order valence-corrected chi connectivity index (χ0v) is 23.7. The maximum atomic E-state index is 10.4. The van der Waals surface area contributed by atoms with Crippen molar-refractivity contribution in [1.29, 1.82) is 0 Å². The van der Waals surface area contributed by atoms with Crippen molar-refractivity contribution < 1.29 is 10.2 Å². The van der Waals surface area contributed by atoms with Crippen molar-refractivity contribution in [3.8, 4) is 11.5 Å². The van der Waals surface area contributed by atoms with Crippen LogP contribution in [0.1, 0.15) is 69.4 Å². The molecule has 0 saturated carbocycles. The molecule has 0 saturated heterocycles. The van der Waals surface area contributed by atoms with E-state index in [0.717, 1.165) is 35.2 Å². The van der Waals surface area contributed by atoms with Crippen LogP contribution in [-0.4, -0.2) is 26.9 Å². The number of nitrogens with zero attached hydrogens (tertiary/aromatic N) is 1. The molecule has 0 amide bonds. The predicted octanol–water partition coefficient (Wildman–Crippen LogP) is 6.32. The van der Waals surface area contributed by atoms with E-state index in [-0.39, 0.29) is 10.8 Å². The van der Waals surface area contributed by atoms with Crippen molar-refractivity contribution in [1.82, 2.24) is 15.8 Å². The zero-order valence-electron chi connectivity index (χ0n) is 22.9.